The lowest BCUT2D eigenvalue weighted by molar-refractivity contribution is 0.476. The SMILES string of the molecule is CCNC1CCCc2nc(N(C)c3ccc(C)cc3)sc21. The molecule has 1 aromatic carbocycles. The fourth-order valence-electron chi connectivity index (χ4n) is 2.87. The van der Waals surface area contributed by atoms with Gasteiger partial charge in [0.1, 0.15) is 0 Å². The molecule has 3 nitrogen and oxygen atoms in total. The smallest absolute Gasteiger partial charge is 0.190 e. The number of rotatable bonds is 4. The molecular formula is C17H23N3S. The van der Waals surface area contributed by atoms with Crippen LogP contribution in [0.25, 0.3) is 0 Å². The van der Waals surface area contributed by atoms with E-state index in [1.54, 1.807) is 0 Å². The summed E-state index contributed by atoms with van der Waals surface area (Å²) >= 11 is 1.84. The van der Waals surface area contributed by atoms with Crippen LogP contribution in [-0.4, -0.2) is 18.6 Å². The van der Waals surface area contributed by atoms with Crippen LogP contribution in [0, 0.1) is 6.92 Å². The van der Waals surface area contributed by atoms with Crippen LogP contribution in [0.1, 0.15) is 41.9 Å². The molecule has 1 aliphatic rings. The zero-order valence-corrected chi connectivity index (χ0v) is 13.8. The summed E-state index contributed by atoms with van der Waals surface area (Å²) in [6.07, 6.45) is 3.59. The van der Waals surface area contributed by atoms with E-state index >= 15 is 0 Å². The molecule has 4 heteroatoms. The Morgan fingerprint density at radius 2 is 2.10 bits per heavy atom. The van der Waals surface area contributed by atoms with Crippen LogP contribution in [0.3, 0.4) is 0 Å². The third kappa shape index (κ3) is 2.97. The topological polar surface area (TPSA) is 28.2 Å². The highest BCUT2D eigenvalue weighted by Crippen LogP contribution is 2.38. The minimum Gasteiger partial charge on any atom is -0.321 e. The second-order valence-corrected chi connectivity index (χ2v) is 6.71. The van der Waals surface area contributed by atoms with Crippen LogP contribution in [0.15, 0.2) is 24.3 Å². The first-order chi connectivity index (χ1) is 10.2. The molecule has 21 heavy (non-hydrogen) atoms. The third-order valence-electron chi connectivity index (χ3n) is 4.10. The van der Waals surface area contributed by atoms with Crippen molar-refractivity contribution in [2.24, 2.45) is 0 Å². The van der Waals surface area contributed by atoms with Crippen LogP contribution >= 0.6 is 11.3 Å². The van der Waals surface area contributed by atoms with Gasteiger partial charge in [0, 0.05) is 23.7 Å². The van der Waals surface area contributed by atoms with Crippen molar-refractivity contribution in [1.29, 1.82) is 0 Å². The number of hydrogen-bond donors (Lipinski definition) is 1. The van der Waals surface area contributed by atoms with E-state index in [2.05, 4.69) is 55.4 Å². The van der Waals surface area contributed by atoms with Crippen LogP contribution in [0.5, 0.6) is 0 Å². The monoisotopic (exact) mass is 301 g/mol. The molecule has 0 aliphatic heterocycles. The van der Waals surface area contributed by atoms with Gasteiger partial charge >= 0.3 is 0 Å². The minimum atomic E-state index is 0.497. The highest BCUT2D eigenvalue weighted by molar-refractivity contribution is 7.15. The lowest BCUT2D eigenvalue weighted by Crippen LogP contribution is -2.23. The van der Waals surface area contributed by atoms with E-state index in [0.717, 1.165) is 18.1 Å². The van der Waals surface area contributed by atoms with Crippen molar-refractivity contribution in [2.45, 2.75) is 39.2 Å². The van der Waals surface area contributed by atoms with Gasteiger partial charge in [-0.15, -0.1) is 0 Å². The molecular weight excluding hydrogens is 278 g/mol. The van der Waals surface area contributed by atoms with Crippen LogP contribution < -0.4 is 10.2 Å². The lowest BCUT2D eigenvalue weighted by atomic mass is 9.98. The molecule has 1 N–H and O–H groups in total. The largest absolute Gasteiger partial charge is 0.321 e. The Morgan fingerprint density at radius 3 is 2.81 bits per heavy atom. The molecule has 3 rings (SSSR count). The lowest BCUT2D eigenvalue weighted by Gasteiger charge is -2.21. The number of hydrogen-bond acceptors (Lipinski definition) is 4. The van der Waals surface area contributed by atoms with Gasteiger partial charge in [-0.25, -0.2) is 4.98 Å². The maximum atomic E-state index is 4.89. The quantitative estimate of drug-likeness (QED) is 0.917. The first kappa shape index (κ1) is 14.5. The number of benzene rings is 1. The van der Waals surface area contributed by atoms with E-state index in [-0.39, 0.29) is 0 Å². The Kier molecular flexibility index (Phi) is 4.27. The predicted octanol–water partition coefficient (Wildman–Crippen LogP) is 4.21. The van der Waals surface area contributed by atoms with Crippen molar-refractivity contribution >= 4 is 22.2 Å². The van der Waals surface area contributed by atoms with E-state index in [1.807, 2.05) is 11.3 Å². The molecule has 0 spiro atoms. The van der Waals surface area contributed by atoms with Gasteiger partial charge in [0.25, 0.3) is 0 Å². The summed E-state index contributed by atoms with van der Waals surface area (Å²) in [5.41, 5.74) is 3.79. The summed E-state index contributed by atoms with van der Waals surface area (Å²) in [4.78, 5) is 8.53. The fourth-order valence-corrected chi connectivity index (χ4v) is 4.07. The molecule has 1 heterocycles. The van der Waals surface area contributed by atoms with Gasteiger partial charge < -0.3 is 10.2 Å². The number of nitrogens with one attached hydrogen (secondary N) is 1. The minimum absolute atomic E-state index is 0.497. The summed E-state index contributed by atoms with van der Waals surface area (Å²) in [5.74, 6) is 0. The second-order valence-electron chi connectivity index (χ2n) is 5.70. The Balaban J connectivity index is 1.88. The molecule has 1 atom stereocenters. The Labute approximate surface area is 131 Å². The zero-order chi connectivity index (χ0) is 14.8. The Bertz CT molecular complexity index is 603. The summed E-state index contributed by atoms with van der Waals surface area (Å²) in [6, 6.07) is 9.13. The third-order valence-corrected chi connectivity index (χ3v) is 5.39. The highest BCUT2D eigenvalue weighted by Gasteiger charge is 2.25. The number of nitrogens with zero attached hydrogens (tertiary/aromatic N) is 2. The predicted molar refractivity (Wildman–Crippen MR) is 90.7 cm³/mol. The first-order valence-electron chi connectivity index (χ1n) is 7.72. The van der Waals surface area contributed by atoms with Crippen molar-refractivity contribution in [3.63, 3.8) is 0 Å². The molecule has 0 saturated heterocycles. The van der Waals surface area contributed by atoms with Crippen LogP contribution in [0.2, 0.25) is 0 Å². The Morgan fingerprint density at radius 1 is 1.33 bits per heavy atom. The van der Waals surface area contributed by atoms with Gasteiger partial charge in [0.2, 0.25) is 0 Å². The first-order valence-corrected chi connectivity index (χ1v) is 8.54. The number of thiazole rings is 1. The highest BCUT2D eigenvalue weighted by atomic mass is 32.1. The average Bonchev–Trinajstić information content (AvgIpc) is 2.93. The average molecular weight is 301 g/mol. The molecule has 0 radical (unpaired) electrons. The zero-order valence-electron chi connectivity index (χ0n) is 13.0. The molecule has 0 amide bonds. The van der Waals surface area contributed by atoms with E-state index in [4.69, 9.17) is 4.98 Å². The van der Waals surface area contributed by atoms with Crippen molar-refractivity contribution < 1.29 is 0 Å². The Hall–Kier alpha value is -1.39. The van der Waals surface area contributed by atoms with Gasteiger partial charge in [-0.2, -0.15) is 0 Å². The van der Waals surface area contributed by atoms with E-state index in [1.165, 1.54) is 34.7 Å². The molecule has 0 bridgehead atoms. The van der Waals surface area contributed by atoms with Crippen LogP contribution in [-0.2, 0) is 6.42 Å². The maximum absolute atomic E-state index is 4.89. The van der Waals surface area contributed by atoms with Crippen molar-refractivity contribution in [3.05, 3.63) is 40.4 Å². The van der Waals surface area contributed by atoms with E-state index < -0.39 is 0 Å². The molecule has 1 aliphatic carbocycles. The van der Waals surface area contributed by atoms with Crippen molar-refractivity contribution in [1.82, 2.24) is 10.3 Å². The number of fused-ring (bicyclic) bond motifs is 1. The van der Waals surface area contributed by atoms with Gasteiger partial charge in [-0.05, 0) is 44.9 Å². The number of anilines is 2. The molecule has 0 fully saturated rings. The number of aromatic nitrogens is 1. The van der Waals surface area contributed by atoms with E-state index in [0.29, 0.717) is 6.04 Å². The van der Waals surface area contributed by atoms with Gasteiger partial charge in [0.15, 0.2) is 5.13 Å². The fraction of sp³-hybridized carbons (Fsp3) is 0.471. The van der Waals surface area contributed by atoms with Crippen LogP contribution in [0.4, 0.5) is 10.8 Å². The van der Waals surface area contributed by atoms with Crippen molar-refractivity contribution in [3.8, 4) is 0 Å². The standard InChI is InChI=1S/C17H23N3S/c1-4-18-14-6-5-7-15-16(14)21-17(19-15)20(3)13-10-8-12(2)9-11-13/h8-11,14,18H,4-7H2,1-3H3. The summed E-state index contributed by atoms with van der Waals surface area (Å²) < 4.78 is 0. The molecule has 1 unspecified atom stereocenters. The maximum Gasteiger partial charge on any atom is 0.190 e. The molecule has 0 saturated carbocycles. The summed E-state index contributed by atoms with van der Waals surface area (Å²) in [6.45, 7) is 5.31. The second kappa shape index (κ2) is 6.16. The normalized spacial score (nSPS) is 17.6. The summed E-state index contributed by atoms with van der Waals surface area (Å²) in [7, 11) is 2.11. The van der Waals surface area contributed by atoms with Gasteiger partial charge in [-0.1, -0.05) is 36.0 Å². The molecule has 112 valence electrons. The van der Waals surface area contributed by atoms with E-state index in [9.17, 15) is 0 Å². The summed E-state index contributed by atoms with van der Waals surface area (Å²) in [5, 5.41) is 4.70. The number of aryl methyl sites for hydroxylation is 2. The van der Waals surface area contributed by atoms with Gasteiger partial charge in [0.05, 0.1) is 5.69 Å². The molecule has 1 aromatic heterocycles. The molecule has 2 aromatic rings. The van der Waals surface area contributed by atoms with Gasteiger partial charge in [-0.3, -0.25) is 0 Å². The van der Waals surface area contributed by atoms with Crippen molar-refractivity contribution in [2.75, 3.05) is 18.5 Å².